The fraction of sp³-hybridized carbons (Fsp3) is 0.237. The summed E-state index contributed by atoms with van der Waals surface area (Å²) in [5, 5.41) is 17.0. The van der Waals surface area contributed by atoms with E-state index in [9.17, 15) is 42.0 Å². The number of pyridine rings is 2. The predicted octanol–water partition coefficient (Wildman–Crippen LogP) is 13.3. The average molecular weight is 1700 g/mol. The Labute approximate surface area is 716 Å². The minimum atomic E-state index is -3.77. The van der Waals surface area contributed by atoms with Crippen LogP contribution in [0.5, 0.6) is 5.75 Å². The average Bonchev–Trinajstić information content (AvgIpc) is 0.947. The van der Waals surface area contributed by atoms with Crippen LogP contribution in [-0.4, -0.2) is 137 Å². The van der Waals surface area contributed by atoms with Gasteiger partial charge in [-0.25, -0.2) is 23.2 Å². The van der Waals surface area contributed by atoms with Crippen molar-refractivity contribution in [2.45, 2.75) is 90.6 Å². The second-order valence-electron chi connectivity index (χ2n) is 28.1. The number of esters is 1. The van der Waals surface area contributed by atoms with Crippen molar-refractivity contribution < 1.29 is 71.7 Å². The number of ketones is 4. The van der Waals surface area contributed by atoms with Crippen molar-refractivity contribution in [2.75, 3.05) is 68.5 Å². The van der Waals surface area contributed by atoms with Crippen LogP contribution in [0.2, 0.25) is 0 Å². The lowest BCUT2D eigenvalue weighted by Crippen LogP contribution is -3.10. The first-order valence-corrected chi connectivity index (χ1v) is 41.3. The number of nitrogens with one attached hydrogen (secondary N) is 4. The number of para-hydroxylation sites is 1. The molecule has 11 aromatic rings. The van der Waals surface area contributed by atoms with Gasteiger partial charge >= 0.3 is 12.1 Å². The Kier molecular flexibility index (Phi) is 39.2. The molecule has 3 heterocycles. The van der Waals surface area contributed by atoms with Crippen LogP contribution in [-0.2, 0) is 74.8 Å². The molecule has 0 saturated heterocycles. The van der Waals surface area contributed by atoms with Gasteiger partial charge in [-0.05, 0) is 176 Å². The number of benzene rings is 8. The SMILES string of the molecule is CC(=O)SCC(=O)c1ccc(NS(=O)(=O)c2ccc(OCCCN(C)C)cc2)cc1.CC[NH+](CC)Cc1ccc2cc(COC(=O)Cc3ccc(C(=O)CO)cc3)ccc2c1.Cl.NC1=CC=CCC1CC(=O)c1ccc(CNc2nccc(-c3cccnc3)n2)cc1.Nc1ccccc1CC(=O)c1ccc(CNC(=O)OCc2cccnc2)cc1.O. The minimum Gasteiger partial charge on any atom is -0.494 e. The molecular formula is C93H103ClN11O14S2+. The monoisotopic (exact) mass is 1700 g/mol. The molecule has 632 valence electrons. The summed E-state index contributed by atoms with van der Waals surface area (Å²) >= 11 is 0.942. The number of anilines is 3. The number of carbonyl (C=O) groups excluding carboxylic acids is 7. The van der Waals surface area contributed by atoms with E-state index >= 15 is 0 Å². The fourth-order valence-electron chi connectivity index (χ4n) is 12.1. The zero-order valence-corrected chi connectivity index (χ0v) is 70.6. The molecule has 0 radical (unpaired) electrons. The molecule has 1 aliphatic carbocycles. The summed E-state index contributed by atoms with van der Waals surface area (Å²) in [6.45, 7) is 11.3. The van der Waals surface area contributed by atoms with Crippen molar-refractivity contribution in [1.82, 2.24) is 30.2 Å². The molecule has 28 heteroatoms. The number of carbonyl (C=O) groups is 7. The highest BCUT2D eigenvalue weighted by Gasteiger charge is 2.20. The summed E-state index contributed by atoms with van der Waals surface area (Å²) < 4.78 is 43.8. The summed E-state index contributed by atoms with van der Waals surface area (Å²) in [7, 11) is 0.217. The van der Waals surface area contributed by atoms with Crippen molar-refractivity contribution in [1.29, 1.82) is 0 Å². The third-order valence-electron chi connectivity index (χ3n) is 18.9. The van der Waals surface area contributed by atoms with Gasteiger partial charge in [0.05, 0.1) is 42.5 Å². The lowest BCUT2D eigenvalue weighted by atomic mass is 9.90. The number of hydrogen-bond donors (Lipinski definition) is 7. The number of aliphatic hydroxyl groups excluding tert-OH is 1. The van der Waals surface area contributed by atoms with Crippen molar-refractivity contribution in [2.24, 2.45) is 11.7 Å². The maximum atomic E-state index is 12.6. The second kappa shape index (κ2) is 49.7. The van der Waals surface area contributed by atoms with E-state index in [1.165, 1.54) is 54.3 Å². The number of amides is 1. The summed E-state index contributed by atoms with van der Waals surface area (Å²) in [4.78, 5) is 104. The molecule has 1 aliphatic rings. The maximum absolute atomic E-state index is 12.6. The molecule has 11 N–H and O–H groups in total. The number of thioether (sulfide) groups is 1. The number of ether oxygens (including phenoxy) is 3. The Morgan fingerprint density at radius 2 is 1.21 bits per heavy atom. The van der Waals surface area contributed by atoms with Crippen LogP contribution in [0.4, 0.5) is 22.1 Å². The number of nitrogens with two attached hydrogens (primary N) is 2. The van der Waals surface area contributed by atoms with Crippen LogP contribution in [0.25, 0.3) is 22.0 Å². The number of hydrogen-bond acceptors (Lipinski definition) is 22. The zero-order valence-electron chi connectivity index (χ0n) is 68.2. The van der Waals surface area contributed by atoms with Crippen LogP contribution in [0.15, 0.2) is 272 Å². The zero-order chi connectivity index (χ0) is 84.9. The van der Waals surface area contributed by atoms with Crippen molar-refractivity contribution >= 4 is 103 Å². The normalized spacial score (nSPS) is 11.9. The number of nitrogens with zero attached hydrogens (tertiary/aromatic N) is 5. The molecule has 1 unspecified atom stereocenters. The van der Waals surface area contributed by atoms with Gasteiger partial charge in [-0.3, -0.25) is 43.5 Å². The molecule has 0 spiro atoms. The lowest BCUT2D eigenvalue weighted by molar-refractivity contribution is -0.910. The van der Waals surface area contributed by atoms with Gasteiger partial charge in [0.1, 0.15) is 32.1 Å². The Morgan fingerprint density at radius 1 is 0.620 bits per heavy atom. The molecule has 0 bridgehead atoms. The molecular weight excluding hydrogens is 1590 g/mol. The number of aliphatic hydroxyl groups is 1. The molecule has 0 saturated carbocycles. The second-order valence-corrected chi connectivity index (χ2v) is 31.0. The number of aromatic nitrogens is 4. The first-order valence-electron chi connectivity index (χ1n) is 38.9. The molecule has 1 atom stereocenters. The largest absolute Gasteiger partial charge is 0.494 e. The summed E-state index contributed by atoms with van der Waals surface area (Å²) in [5.41, 5.74) is 24.1. The first kappa shape index (κ1) is 95.5. The van der Waals surface area contributed by atoms with Gasteiger partial charge in [0.25, 0.3) is 10.0 Å². The molecule has 25 nitrogen and oxygen atoms in total. The third-order valence-corrected chi connectivity index (χ3v) is 21.1. The van der Waals surface area contributed by atoms with Crippen molar-refractivity contribution in [3.05, 3.63) is 328 Å². The number of halogens is 1. The van der Waals surface area contributed by atoms with E-state index in [1.807, 2.05) is 111 Å². The van der Waals surface area contributed by atoms with Crippen LogP contribution < -0.4 is 36.5 Å². The van der Waals surface area contributed by atoms with Crippen LogP contribution in [0, 0.1) is 5.92 Å². The van der Waals surface area contributed by atoms with Crippen molar-refractivity contribution in [3.63, 3.8) is 0 Å². The Morgan fingerprint density at radius 3 is 1.83 bits per heavy atom. The summed E-state index contributed by atoms with van der Waals surface area (Å²) in [6, 6.07) is 63.0. The van der Waals surface area contributed by atoms with Gasteiger partial charge in [-0.15, -0.1) is 12.4 Å². The lowest BCUT2D eigenvalue weighted by Gasteiger charge is -2.17. The van der Waals surface area contributed by atoms with Crippen LogP contribution in [0.3, 0.4) is 0 Å². The summed E-state index contributed by atoms with van der Waals surface area (Å²) in [5.74, 6) is 0.559. The van der Waals surface area contributed by atoms with E-state index in [4.69, 9.17) is 30.8 Å². The van der Waals surface area contributed by atoms with Gasteiger partial charge in [-0.2, -0.15) is 0 Å². The van der Waals surface area contributed by atoms with E-state index in [2.05, 4.69) is 90.4 Å². The highest BCUT2D eigenvalue weighted by molar-refractivity contribution is 8.14. The first-order chi connectivity index (χ1) is 57.5. The van der Waals surface area contributed by atoms with Crippen LogP contribution >= 0.6 is 24.2 Å². The number of alkyl carbamates (subject to hydrolysis) is 1. The minimum absolute atomic E-state index is 0. The standard InChI is InChI=1S/C26H29NO4.C24H23N5O.C22H21N3O3.C21H26N2O5S2.ClH.H2O/c1-3-27(4-2)16-20-7-11-24-14-21(8-12-23(24)13-20)18-31-26(30)15-19-5-9-22(10-6-19)25(29)17-28;25-21-6-2-1-4-19(21)14-23(30)18-9-7-17(8-10-18)15-28-24-27-13-11-22(29-24)20-5-3-12-26-16-20;23-20-6-2-1-5-19(20)12-21(26)18-9-7-16(8-10-18)14-25-22(27)28-15-17-4-3-11-24-13-17;1-16(24)29-15-21(25)17-5-7-18(8-6-17)22-30(26,27)20-11-9-19(10-12-20)28-14-4-13-23(2)3;;/h5-14,28H,3-4,15-18H2,1-2H3;1-3,5-13,16,19H,4,14-15,25H2,(H,27,28,29);1-11,13H,12,14-15,23H2,(H,25,27);5-12,22H,4,13-15H2,1-3H3;1H;1H2/p+1. The quantitative estimate of drug-likeness (QED) is 0.00839. The van der Waals surface area contributed by atoms with E-state index in [0.717, 1.165) is 107 Å². The van der Waals surface area contributed by atoms with E-state index in [-0.39, 0.29) is 94.7 Å². The number of nitrogen functional groups attached to an aromatic ring is 1. The van der Waals surface area contributed by atoms with Gasteiger partial charge in [0, 0.05) is 132 Å². The maximum Gasteiger partial charge on any atom is 0.407 e. The summed E-state index contributed by atoms with van der Waals surface area (Å²) in [6.07, 6.45) is 16.4. The van der Waals surface area contributed by atoms with E-state index in [0.29, 0.717) is 71.4 Å². The number of sulfonamides is 1. The number of quaternary nitrogens is 1. The molecule has 3 aromatic heterocycles. The Balaban J connectivity index is 0.000000221. The molecule has 12 rings (SSSR count). The highest BCUT2D eigenvalue weighted by Crippen LogP contribution is 2.26. The van der Waals surface area contributed by atoms with Crippen molar-refractivity contribution in [3.8, 4) is 17.0 Å². The molecule has 0 fully saturated rings. The Bertz CT molecular complexity index is 5360. The molecule has 0 aliphatic heterocycles. The van der Waals surface area contributed by atoms with E-state index in [1.54, 1.807) is 96.5 Å². The highest BCUT2D eigenvalue weighted by atomic mass is 35.5. The smallest absolute Gasteiger partial charge is 0.407 e. The number of fused-ring (bicyclic) bond motifs is 1. The van der Waals surface area contributed by atoms with Gasteiger partial charge < -0.3 is 56.7 Å². The third kappa shape index (κ3) is 32.2. The van der Waals surface area contributed by atoms with E-state index < -0.39 is 22.7 Å². The predicted molar refractivity (Wildman–Crippen MR) is 476 cm³/mol. The van der Waals surface area contributed by atoms with Gasteiger partial charge in [0.2, 0.25) is 5.95 Å². The number of allylic oxidation sites excluding steroid dienone is 4. The van der Waals surface area contributed by atoms with Gasteiger partial charge in [-0.1, -0.05) is 145 Å². The molecule has 1 amide bonds. The number of rotatable bonds is 35. The Hall–Kier alpha value is -12.6. The van der Waals surface area contributed by atoms with Crippen LogP contribution in [0.1, 0.15) is 120 Å². The number of Topliss-reactive ketones (excluding diaryl/α,β-unsaturated/α-hetero) is 4. The molecule has 8 aromatic carbocycles. The topological polar surface area (TPSA) is 380 Å². The fourth-order valence-corrected chi connectivity index (χ4v) is 13.6. The molecule has 121 heavy (non-hydrogen) atoms. The van der Waals surface area contributed by atoms with Gasteiger partial charge in [0.15, 0.2) is 28.2 Å².